The number of halogens is 2. The van der Waals surface area contributed by atoms with E-state index < -0.39 is 0 Å². The number of pyridine rings is 1. The summed E-state index contributed by atoms with van der Waals surface area (Å²) in [5.41, 5.74) is 6.47. The van der Waals surface area contributed by atoms with Crippen LogP contribution in [0.5, 0.6) is 0 Å². The van der Waals surface area contributed by atoms with Gasteiger partial charge in [-0.05, 0) is 44.2 Å². The summed E-state index contributed by atoms with van der Waals surface area (Å²) in [5, 5.41) is 6.48. The van der Waals surface area contributed by atoms with E-state index in [9.17, 15) is 14.4 Å². The normalized spacial score (nSPS) is 19.3. The van der Waals surface area contributed by atoms with Gasteiger partial charge in [0.15, 0.2) is 22.5 Å². The third-order valence-corrected chi connectivity index (χ3v) is 9.07. The van der Waals surface area contributed by atoms with Crippen molar-refractivity contribution in [2.24, 2.45) is 0 Å². The van der Waals surface area contributed by atoms with Crippen molar-refractivity contribution in [2.75, 3.05) is 62.3 Å². The van der Waals surface area contributed by atoms with Gasteiger partial charge in [-0.2, -0.15) is 0 Å². The van der Waals surface area contributed by atoms with E-state index in [1.807, 2.05) is 4.90 Å². The molecule has 244 valence electrons. The van der Waals surface area contributed by atoms with Crippen molar-refractivity contribution >= 4 is 58.4 Å². The van der Waals surface area contributed by atoms with Crippen LogP contribution in [0.25, 0.3) is 0 Å². The predicted octanol–water partition coefficient (Wildman–Crippen LogP) is 3.22. The van der Waals surface area contributed by atoms with Gasteiger partial charge in [0, 0.05) is 57.4 Å². The summed E-state index contributed by atoms with van der Waals surface area (Å²) in [6.07, 6.45) is 5.69. The van der Waals surface area contributed by atoms with Gasteiger partial charge in [0.25, 0.3) is 11.8 Å². The fourth-order valence-corrected chi connectivity index (χ4v) is 6.49. The molecule has 2 amide bonds. The predicted molar refractivity (Wildman–Crippen MR) is 173 cm³/mol. The zero-order valence-corrected chi connectivity index (χ0v) is 27.2. The summed E-state index contributed by atoms with van der Waals surface area (Å²) >= 11 is 12.6. The van der Waals surface area contributed by atoms with Crippen LogP contribution in [-0.4, -0.2) is 107 Å². The molecule has 1 atom stereocenters. The number of anilines is 3. The largest absolute Gasteiger partial charge is 0.469 e. The van der Waals surface area contributed by atoms with Gasteiger partial charge in [-0.3, -0.25) is 19.3 Å². The highest BCUT2D eigenvalue weighted by molar-refractivity contribution is 6.32. The van der Waals surface area contributed by atoms with Gasteiger partial charge in [-0.15, -0.1) is 0 Å². The van der Waals surface area contributed by atoms with E-state index in [1.165, 1.54) is 7.11 Å². The number of hydrogen-bond acceptors (Lipinski definition) is 11. The maximum atomic E-state index is 13.1. The van der Waals surface area contributed by atoms with Gasteiger partial charge in [0.1, 0.15) is 11.0 Å². The van der Waals surface area contributed by atoms with E-state index in [2.05, 4.69) is 37.3 Å². The van der Waals surface area contributed by atoms with E-state index in [1.54, 1.807) is 12.1 Å². The van der Waals surface area contributed by atoms with Crippen LogP contribution >= 0.6 is 23.2 Å². The Kier molecular flexibility index (Phi) is 10.8. The number of piperidine rings is 1. The van der Waals surface area contributed by atoms with Gasteiger partial charge >= 0.3 is 5.97 Å². The van der Waals surface area contributed by atoms with E-state index >= 15 is 0 Å². The third-order valence-electron chi connectivity index (χ3n) is 8.60. The Bertz CT molecular complexity index is 1400. The smallest absolute Gasteiger partial charge is 0.307 e. The third kappa shape index (κ3) is 8.06. The summed E-state index contributed by atoms with van der Waals surface area (Å²) in [4.78, 5) is 57.7. The molecule has 13 nitrogen and oxygen atoms in total. The standard InChI is InChI=1S/C30H41Cl2N9O4/c1-3-4-20-17-40(15-16-41(20)19-10-13-39(14-11-19)30(44)21-7-8-22(31)36-26(21)33)28-25(32)37-24(29(43)35-18-5-6-18)27(38-28)34-12-9-23(42)45-2/h7-8,18-20H,3-6,9-17H2,1-2H3,(H2,33,36)(H,34,38)(H,35,43)/t20-/m0/s1. The maximum Gasteiger partial charge on any atom is 0.307 e. The number of nitrogens with one attached hydrogen (secondary N) is 2. The first kappa shape index (κ1) is 33.0. The number of likely N-dealkylation sites (tertiary alicyclic amines) is 1. The minimum Gasteiger partial charge on any atom is -0.469 e. The average molecular weight is 663 g/mol. The number of nitrogens with two attached hydrogens (primary N) is 1. The number of hydrogen-bond donors (Lipinski definition) is 3. The van der Waals surface area contributed by atoms with Crippen molar-refractivity contribution in [1.29, 1.82) is 0 Å². The minimum absolute atomic E-state index is 0.113. The van der Waals surface area contributed by atoms with Gasteiger partial charge in [0.2, 0.25) is 0 Å². The number of aromatic nitrogens is 3. The molecule has 5 rings (SSSR count). The Labute approximate surface area is 273 Å². The lowest BCUT2D eigenvalue weighted by molar-refractivity contribution is -0.140. The lowest BCUT2D eigenvalue weighted by Gasteiger charge is -2.48. The number of rotatable bonds is 11. The summed E-state index contributed by atoms with van der Waals surface area (Å²) in [5.74, 6) is 0.119. The van der Waals surface area contributed by atoms with Crippen LogP contribution in [0.15, 0.2) is 12.1 Å². The molecule has 2 aromatic heterocycles. The molecule has 0 unspecified atom stereocenters. The van der Waals surface area contributed by atoms with E-state index in [0.717, 1.165) is 45.1 Å². The lowest BCUT2D eigenvalue weighted by atomic mass is 9.97. The summed E-state index contributed by atoms with van der Waals surface area (Å²) in [6, 6.07) is 3.94. The molecule has 3 aliphatic rings. The van der Waals surface area contributed by atoms with Crippen molar-refractivity contribution in [3.05, 3.63) is 33.7 Å². The van der Waals surface area contributed by atoms with Crippen LogP contribution in [0.1, 0.15) is 72.7 Å². The van der Waals surface area contributed by atoms with Crippen LogP contribution < -0.4 is 21.3 Å². The molecule has 4 N–H and O–H groups in total. The Hall–Kier alpha value is -3.42. The molecule has 4 heterocycles. The number of carbonyl (C=O) groups excluding carboxylic acids is 3. The fraction of sp³-hybridized carbons (Fsp3) is 0.600. The number of piperazine rings is 1. The molecule has 0 aromatic carbocycles. The second-order valence-corrected chi connectivity index (χ2v) is 12.5. The van der Waals surface area contributed by atoms with Gasteiger partial charge < -0.3 is 30.9 Å². The highest BCUT2D eigenvalue weighted by atomic mass is 35.5. The first-order valence-electron chi connectivity index (χ1n) is 15.6. The highest BCUT2D eigenvalue weighted by Crippen LogP contribution is 2.31. The van der Waals surface area contributed by atoms with Crippen molar-refractivity contribution in [2.45, 2.75) is 70.0 Å². The molecule has 1 saturated carbocycles. The zero-order chi connectivity index (χ0) is 32.1. The van der Waals surface area contributed by atoms with Gasteiger partial charge in [0.05, 0.1) is 19.1 Å². The molecule has 3 fully saturated rings. The number of esters is 1. The lowest BCUT2D eigenvalue weighted by Crippen LogP contribution is -2.59. The molecular weight excluding hydrogens is 621 g/mol. The van der Waals surface area contributed by atoms with E-state index in [-0.39, 0.29) is 64.7 Å². The van der Waals surface area contributed by atoms with Crippen molar-refractivity contribution < 1.29 is 19.1 Å². The molecule has 45 heavy (non-hydrogen) atoms. The van der Waals surface area contributed by atoms with Gasteiger partial charge in [-0.1, -0.05) is 36.5 Å². The van der Waals surface area contributed by atoms with Crippen LogP contribution in [0, 0.1) is 0 Å². The van der Waals surface area contributed by atoms with E-state index in [0.29, 0.717) is 49.4 Å². The fourth-order valence-electron chi connectivity index (χ4n) is 6.09. The Balaban J connectivity index is 1.27. The molecule has 2 aliphatic heterocycles. The quantitative estimate of drug-likeness (QED) is 0.240. The number of nitrogens with zero attached hydrogens (tertiary/aromatic N) is 6. The van der Waals surface area contributed by atoms with Crippen LogP contribution in [-0.2, 0) is 9.53 Å². The second-order valence-electron chi connectivity index (χ2n) is 11.8. The van der Waals surface area contributed by atoms with Crippen LogP contribution in [0.2, 0.25) is 10.3 Å². The average Bonchev–Trinajstić information content (AvgIpc) is 3.85. The number of methoxy groups -OCH3 is 1. The number of amides is 2. The number of ether oxygens (including phenoxy) is 1. The highest BCUT2D eigenvalue weighted by Gasteiger charge is 2.36. The first-order chi connectivity index (χ1) is 21.7. The number of carbonyl (C=O) groups is 3. The van der Waals surface area contributed by atoms with Crippen LogP contribution in [0.4, 0.5) is 17.5 Å². The second kappa shape index (κ2) is 14.8. The molecule has 2 saturated heterocycles. The van der Waals surface area contributed by atoms with Crippen molar-refractivity contribution in [1.82, 2.24) is 30.1 Å². The Morgan fingerprint density at radius 2 is 1.80 bits per heavy atom. The Morgan fingerprint density at radius 3 is 2.47 bits per heavy atom. The Morgan fingerprint density at radius 1 is 1.04 bits per heavy atom. The molecule has 1 aliphatic carbocycles. The van der Waals surface area contributed by atoms with Crippen molar-refractivity contribution in [3.63, 3.8) is 0 Å². The van der Waals surface area contributed by atoms with Gasteiger partial charge in [-0.25, -0.2) is 15.0 Å². The molecule has 15 heteroatoms. The van der Waals surface area contributed by atoms with E-state index in [4.69, 9.17) is 38.7 Å². The SMILES string of the molecule is CCC[C@H]1CN(c2nc(NCCC(=O)OC)c(C(=O)NC3CC3)nc2Cl)CCN1C1CCN(C(=O)c2ccc(Cl)nc2N)CC1. The summed E-state index contributed by atoms with van der Waals surface area (Å²) in [7, 11) is 1.33. The van der Waals surface area contributed by atoms with Crippen molar-refractivity contribution in [3.8, 4) is 0 Å². The minimum atomic E-state index is -0.367. The molecule has 0 spiro atoms. The molecule has 0 radical (unpaired) electrons. The monoisotopic (exact) mass is 661 g/mol. The topological polar surface area (TPSA) is 159 Å². The number of nitrogen functional groups attached to an aromatic ring is 1. The zero-order valence-electron chi connectivity index (χ0n) is 25.7. The van der Waals surface area contributed by atoms with Crippen LogP contribution in [0.3, 0.4) is 0 Å². The molecule has 0 bridgehead atoms. The molecular formula is C30H41Cl2N9O4. The maximum absolute atomic E-state index is 13.1. The summed E-state index contributed by atoms with van der Waals surface area (Å²) < 4.78 is 4.75. The first-order valence-corrected chi connectivity index (χ1v) is 16.3. The summed E-state index contributed by atoms with van der Waals surface area (Å²) in [6.45, 7) is 5.84. The molecule has 2 aromatic rings.